The number of nitrogens with one attached hydrogen (secondary N) is 1. The molecule has 1 rings (SSSR count). The van der Waals surface area contributed by atoms with E-state index in [1.165, 1.54) is 5.56 Å². The first-order chi connectivity index (χ1) is 8.06. The molecule has 3 N–H and O–H groups in total. The molecule has 0 aliphatic heterocycles. The lowest BCUT2D eigenvalue weighted by Gasteiger charge is -2.20. The maximum atomic E-state index is 6.20. The van der Waals surface area contributed by atoms with Crippen LogP contribution in [0.2, 0.25) is 5.02 Å². The number of hydrazine groups is 1. The Kier molecular flexibility index (Phi) is 5.92. The van der Waals surface area contributed by atoms with E-state index < -0.39 is 0 Å². The fraction of sp³-hybridized carbons (Fsp3) is 0.538. The number of methoxy groups -OCH3 is 1. The Morgan fingerprint density at radius 2 is 2.18 bits per heavy atom. The Bertz CT molecular complexity index is 357. The maximum absolute atomic E-state index is 6.20. The zero-order valence-electron chi connectivity index (χ0n) is 10.7. The molecule has 1 aromatic rings. The van der Waals surface area contributed by atoms with Crippen molar-refractivity contribution in [3.05, 3.63) is 34.3 Å². The van der Waals surface area contributed by atoms with Crippen LogP contribution in [0.1, 0.15) is 24.5 Å². The van der Waals surface area contributed by atoms with Crippen LogP contribution in [-0.2, 0) is 11.2 Å². The third kappa shape index (κ3) is 4.64. The highest BCUT2D eigenvalue weighted by atomic mass is 35.5. The van der Waals surface area contributed by atoms with Gasteiger partial charge in [0.05, 0.1) is 6.10 Å². The minimum Gasteiger partial charge on any atom is -0.382 e. The molecule has 0 saturated heterocycles. The Labute approximate surface area is 108 Å². The highest BCUT2D eigenvalue weighted by molar-refractivity contribution is 6.31. The minimum absolute atomic E-state index is 0.171. The van der Waals surface area contributed by atoms with Crippen molar-refractivity contribution >= 4 is 11.6 Å². The Morgan fingerprint density at radius 1 is 1.47 bits per heavy atom. The van der Waals surface area contributed by atoms with Crippen LogP contribution in [-0.4, -0.2) is 19.3 Å². The number of aryl methyl sites for hydroxylation is 1. The summed E-state index contributed by atoms with van der Waals surface area (Å²) in [4.78, 5) is 0. The second-order valence-corrected chi connectivity index (χ2v) is 4.85. The summed E-state index contributed by atoms with van der Waals surface area (Å²) in [5, 5.41) is 0.801. The normalized spacial score (nSPS) is 14.6. The van der Waals surface area contributed by atoms with Gasteiger partial charge in [-0.25, -0.2) is 0 Å². The molecule has 0 aromatic heterocycles. The number of nitrogens with two attached hydrogens (primary N) is 1. The van der Waals surface area contributed by atoms with Gasteiger partial charge in [-0.3, -0.25) is 11.3 Å². The number of rotatable bonds is 6. The van der Waals surface area contributed by atoms with Crippen LogP contribution in [0.3, 0.4) is 0 Å². The Hall–Kier alpha value is -0.610. The highest BCUT2D eigenvalue weighted by Gasteiger charge is 2.13. The van der Waals surface area contributed by atoms with E-state index in [4.69, 9.17) is 22.2 Å². The standard InChI is InChI=1S/C13H21ClN2O/c1-9-4-5-11(13(14)6-9)8-12(16-15)7-10(2)17-3/h4-6,10,12,16H,7-8,15H2,1-3H3. The number of ether oxygens (including phenoxy) is 1. The molecule has 1 aromatic carbocycles. The summed E-state index contributed by atoms with van der Waals surface area (Å²) in [6.07, 6.45) is 1.85. The van der Waals surface area contributed by atoms with E-state index in [2.05, 4.69) is 17.6 Å². The van der Waals surface area contributed by atoms with E-state index in [1.54, 1.807) is 7.11 Å². The molecule has 0 saturated carbocycles. The zero-order chi connectivity index (χ0) is 12.8. The summed E-state index contributed by atoms with van der Waals surface area (Å²) in [5.41, 5.74) is 5.10. The number of benzene rings is 1. The van der Waals surface area contributed by atoms with Gasteiger partial charge in [-0.05, 0) is 43.9 Å². The van der Waals surface area contributed by atoms with Crippen molar-refractivity contribution in [3.63, 3.8) is 0 Å². The smallest absolute Gasteiger partial charge is 0.0558 e. The van der Waals surface area contributed by atoms with Crippen molar-refractivity contribution in [2.75, 3.05) is 7.11 Å². The van der Waals surface area contributed by atoms with Gasteiger partial charge in [-0.2, -0.15) is 0 Å². The molecule has 3 nitrogen and oxygen atoms in total. The molecule has 2 atom stereocenters. The summed E-state index contributed by atoms with van der Waals surface area (Å²) < 4.78 is 5.24. The summed E-state index contributed by atoms with van der Waals surface area (Å²) in [5.74, 6) is 5.55. The van der Waals surface area contributed by atoms with Crippen molar-refractivity contribution < 1.29 is 4.74 Å². The predicted octanol–water partition coefficient (Wildman–Crippen LogP) is 2.45. The van der Waals surface area contributed by atoms with Crippen molar-refractivity contribution in [1.29, 1.82) is 0 Å². The van der Waals surface area contributed by atoms with Crippen LogP contribution in [0.15, 0.2) is 18.2 Å². The van der Waals surface area contributed by atoms with Crippen molar-refractivity contribution in [1.82, 2.24) is 5.43 Å². The van der Waals surface area contributed by atoms with Gasteiger partial charge in [0.1, 0.15) is 0 Å². The molecule has 0 fully saturated rings. The summed E-state index contributed by atoms with van der Waals surface area (Å²) in [6.45, 7) is 4.06. The van der Waals surface area contributed by atoms with Crippen molar-refractivity contribution in [2.24, 2.45) is 5.84 Å². The number of halogens is 1. The average Bonchev–Trinajstić information content (AvgIpc) is 2.31. The molecule has 0 amide bonds. The largest absolute Gasteiger partial charge is 0.382 e. The molecular formula is C13H21ClN2O. The van der Waals surface area contributed by atoms with Gasteiger partial charge in [-0.15, -0.1) is 0 Å². The van der Waals surface area contributed by atoms with Gasteiger partial charge >= 0.3 is 0 Å². The number of hydrogen-bond acceptors (Lipinski definition) is 3. The van der Waals surface area contributed by atoms with Gasteiger partial charge in [0.25, 0.3) is 0 Å². The monoisotopic (exact) mass is 256 g/mol. The second-order valence-electron chi connectivity index (χ2n) is 4.44. The molecule has 0 spiro atoms. The van der Waals surface area contributed by atoms with Gasteiger partial charge in [0.2, 0.25) is 0 Å². The molecule has 0 aliphatic rings. The third-order valence-electron chi connectivity index (χ3n) is 2.93. The molecule has 2 unspecified atom stereocenters. The van der Waals surface area contributed by atoms with Gasteiger partial charge in [-0.1, -0.05) is 23.7 Å². The lowest BCUT2D eigenvalue weighted by molar-refractivity contribution is 0.100. The molecule has 0 heterocycles. The molecule has 4 heteroatoms. The minimum atomic E-state index is 0.171. The van der Waals surface area contributed by atoms with E-state index in [9.17, 15) is 0 Å². The Morgan fingerprint density at radius 3 is 2.71 bits per heavy atom. The predicted molar refractivity (Wildman–Crippen MR) is 72.1 cm³/mol. The first-order valence-corrected chi connectivity index (χ1v) is 6.18. The van der Waals surface area contributed by atoms with Crippen molar-refractivity contribution in [2.45, 2.75) is 38.8 Å². The van der Waals surface area contributed by atoms with Gasteiger partial charge in [0.15, 0.2) is 0 Å². The fourth-order valence-electron chi connectivity index (χ4n) is 1.79. The first kappa shape index (κ1) is 14.5. The molecule has 0 radical (unpaired) electrons. The van der Waals surface area contributed by atoms with E-state index in [1.807, 2.05) is 19.9 Å². The molecular weight excluding hydrogens is 236 g/mol. The quantitative estimate of drug-likeness (QED) is 0.607. The van der Waals surface area contributed by atoms with Crippen LogP contribution < -0.4 is 11.3 Å². The number of hydrogen-bond donors (Lipinski definition) is 2. The van der Waals surface area contributed by atoms with Crippen LogP contribution in [0.4, 0.5) is 0 Å². The lowest BCUT2D eigenvalue weighted by atomic mass is 10.0. The van der Waals surface area contributed by atoms with E-state index in [0.29, 0.717) is 0 Å². The second kappa shape index (κ2) is 6.97. The van der Waals surface area contributed by atoms with E-state index in [0.717, 1.165) is 23.4 Å². The van der Waals surface area contributed by atoms with E-state index in [-0.39, 0.29) is 12.1 Å². The average molecular weight is 257 g/mol. The van der Waals surface area contributed by atoms with E-state index >= 15 is 0 Å². The van der Waals surface area contributed by atoms with Gasteiger partial charge < -0.3 is 4.74 Å². The summed E-state index contributed by atoms with van der Waals surface area (Å²) >= 11 is 6.20. The molecule has 0 bridgehead atoms. The highest BCUT2D eigenvalue weighted by Crippen LogP contribution is 2.20. The van der Waals surface area contributed by atoms with Crippen LogP contribution in [0.25, 0.3) is 0 Å². The first-order valence-electron chi connectivity index (χ1n) is 5.80. The summed E-state index contributed by atoms with van der Waals surface area (Å²) in [7, 11) is 1.71. The fourth-order valence-corrected chi connectivity index (χ4v) is 2.10. The maximum Gasteiger partial charge on any atom is 0.0558 e. The zero-order valence-corrected chi connectivity index (χ0v) is 11.4. The Balaban J connectivity index is 2.67. The lowest BCUT2D eigenvalue weighted by Crippen LogP contribution is -2.39. The van der Waals surface area contributed by atoms with Crippen LogP contribution in [0, 0.1) is 6.92 Å². The van der Waals surface area contributed by atoms with Crippen LogP contribution >= 0.6 is 11.6 Å². The molecule has 96 valence electrons. The van der Waals surface area contributed by atoms with Crippen LogP contribution in [0.5, 0.6) is 0 Å². The SMILES string of the molecule is COC(C)CC(Cc1ccc(C)cc1Cl)NN. The third-order valence-corrected chi connectivity index (χ3v) is 3.28. The van der Waals surface area contributed by atoms with Gasteiger partial charge in [0, 0.05) is 18.2 Å². The molecule has 17 heavy (non-hydrogen) atoms. The topological polar surface area (TPSA) is 47.3 Å². The van der Waals surface area contributed by atoms with Crippen molar-refractivity contribution in [3.8, 4) is 0 Å². The molecule has 0 aliphatic carbocycles. The summed E-state index contributed by atoms with van der Waals surface area (Å²) in [6, 6.07) is 6.27.